The van der Waals surface area contributed by atoms with Gasteiger partial charge in [0.25, 0.3) is 0 Å². The molecule has 0 aliphatic heterocycles. The van der Waals surface area contributed by atoms with Crippen molar-refractivity contribution < 1.29 is 18.1 Å². The third kappa shape index (κ3) is 2.46. The van der Waals surface area contributed by atoms with Crippen LogP contribution >= 0.6 is 0 Å². The van der Waals surface area contributed by atoms with Crippen LogP contribution in [0.5, 0.6) is 5.75 Å². The minimum Gasteiger partial charge on any atom is -0.744 e. The Kier molecular flexibility index (Phi) is 2.87. The summed E-state index contributed by atoms with van der Waals surface area (Å²) >= 11 is 0. The highest BCUT2D eigenvalue weighted by Gasteiger charge is 2.09. The van der Waals surface area contributed by atoms with E-state index in [1.807, 2.05) is 0 Å². The van der Waals surface area contributed by atoms with E-state index in [1.54, 1.807) is 24.3 Å². The van der Waals surface area contributed by atoms with Crippen LogP contribution in [0.1, 0.15) is 0 Å². The summed E-state index contributed by atoms with van der Waals surface area (Å²) in [6.45, 7) is 0. The molecular formula is C12H9O4S-. The van der Waals surface area contributed by atoms with Gasteiger partial charge in [-0.3, -0.25) is 0 Å². The van der Waals surface area contributed by atoms with E-state index in [0.29, 0.717) is 11.1 Å². The third-order valence-electron chi connectivity index (χ3n) is 2.33. The quantitative estimate of drug-likeness (QED) is 0.825. The maximum Gasteiger partial charge on any atom is 0.125 e. The summed E-state index contributed by atoms with van der Waals surface area (Å²) in [5.74, 6) is 0.0798. The molecule has 0 amide bonds. The molecule has 2 aromatic carbocycles. The van der Waals surface area contributed by atoms with Crippen LogP contribution in [0.2, 0.25) is 0 Å². The van der Waals surface area contributed by atoms with Crippen molar-refractivity contribution in [2.24, 2.45) is 0 Å². The molecule has 0 saturated heterocycles. The first-order valence-electron chi connectivity index (χ1n) is 4.83. The van der Waals surface area contributed by atoms with Crippen molar-refractivity contribution >= 4 is 10.1 Å². The Morgan fingerprint density at radius 1 is 0.941 bits per heavy atom. The standard InChI is InChI=1S/C12H10O4S/c13-10-7-5-9(6-8-10)11-3-1-2-4-12(11)17(14,15)16/h1-8,13H,(H,14,15,16)/p-1. The van der Waals surface area contributed by atoms with Crippen LogP contribution in [0.3, 0.4) is 0 Å². The zero-order valence-electron chi connectivity index (χ0n) is 8.70. The van der Waals surface area contributed by atoms with Gasteiger partial charge in [0.1, 0.15) is 15.9 Å². The van der Waals surface area contributed by atoms with Crippen LogP contribution in [-0.2, 0) is 10.1 Å². The molecule has 0 aliphatic carbocycles. The van der Waals surface area contributed by atoms with E-state index >= 15 is 0 Å². The predicted octanol–water partition coefficient (Wildman–Crippen LogP) is 1.96. The lowest BCUT2D eigenvalue weighted by Crippen LogP contribution is -2.00. The van der Waals surface area contributed by atoms with Crippen molar-refractivity contribution in [1.29, 1.82) is 0 Å². The first-order valence-corrected chi connectivity index (χ1v) is 6.23. The Bertz CT molecular complexity index is 630. The Balaban J connectivity index is 2.64. The van der Waals surface area contributed by atoms with Crippen molar-refractivity contribution in [2.45, 2.75) is 4.90 Å². The topological polar surface area (TPSA) is 77.4 Å². The Labute approximate surface area is 98.9 Å². The lowest BCUT2D eigenvalue weighted by atomic mass is 10.1. The Morgan fingerprint density at radius 3 is 2.12 bits per heavy atom. The van der Waals surface area contributed by atoms with E-state index in [-0.39, 0.29) is 10.6 Å². The molecule has 1 N–H and O–H groups in total. The van der Waals surface area contributed by atoms with E-state index < -0.39 is 10.1 Å². The van der Waals surface area contributed by atoms with Gasteiger partial charge in [-0.15, -0.1) is 0 Å². The Morgan fingerprint density at radius 2 is 1.53 bits per heavy atom. The molecule has 0 radical (unpaired) electrons. The molecular weight excluding hydrogens is 240 g/mol. The molecule has 0 spiro atoms. The number of phenols is 1. The van der Waals surface area contributed by atoms with Crippen LogP contribution in [-0.4, -0.2) is 18.1 Å². The molecule has 4 nitrogen and oxygen atoms in total. The Hall–Kier alpha value is -1.85. The number of rotatable bonds is 2. The zero-order chi connectivity index (χ0) is 12.5. The van der Waals surface area contributed by atoms with E-state index in [0.717, 1.165) is 0 Å². The molecule has 0 aromatic heterocycles. The minimum absolute atomic E-state index is 0.0798. The smallest absolute Gasteiger partial charge is 0.125 e. The fourth-order valence-electron chi connectivity index (χ4n) is 1.56. The number of aromatic hydroxyl groups is 1. The molecule has 5 heteroatoms. The predicted molar refractivity (Wildman–Crippen MR) is 61.5 cm³/mol. The maximum atomic E-state index is 11.1. The summed E-state index contributed by atoms with van der Waals surface area (Å²) < 4.78 is 33.3. The summed E-state index contributed by atoms with van der Waals surface area (Å²) in [7, 11) is -4.50. The molecule has 0 bridgehead atoms. The number of hydrogen-bond donors (Lipinski definition) is 1. The molecule has 88 valence electrons. The summed E-state index contributed by atoms with van der Waals surface area (Å²) in [5, 5.41) is 9.15. The van der Waals surface area contributed by atoms with Gasteiger partial charge < -0.3 is 9.66 Å². The first kappa shape index (κ1) is 11.6. The molecule has 0 atom stereocenters. The van der Waals surface area contributed by atoms with Crippen LogP contribution in [0.25, 0.3) is 11.1 Å². The monoisotopic (exact) mass is 249 g/mol. The van der Waals surface area contributed by atoms with Gasteiger partial charge in [-0.25, -0.2) is 8.42 Å². The molecule has 0 unspecified atom stereocenters. The number of phenolic OH excluding ortho intramolecular Hbond substituents is 1. The fraction of sp³-hybridized carbons (Fsp3) is 0. The fourth-order valence-corrected chi connectivity index (χ4v) is 2.26. The number of benzene rings is 2. The van der Waals surface area contributed by atoms with Crippen LogP contribution in [0.4, 0.5) is 0 Å². The average molecular weight is 249 g/mol. The molecule has 2 rings (SSSR count). The molecule has 0 heterocycles. The van der Waals surface area contributed by atoms with Gasteiger partial charge in [0.15, 0.2) is 0 Å². The van der Waals surface area contributed by atoms with Gasteiger partial charge >= 0.3 is 0 Å². The van der Waals surface area contributed by atoms with Crippen molar-refractivity contribution in [1.82, 2.24) is 0 Å². The van der Waals surface area contributed by atoms with Crippen molar-refractivity contribution in [3.8, 4) is 16.9 Å². The van der Waals surface area contributed by atoms with E-state index in [9.17, 15) is 13.0 Å². The summed E-state index contributed by atoms with van der Waals surface area (Å²) in [6, 6.07) is 11.9. The van der Waals surface area contributed by atoms with Crippen molar-refractivity contribution in [2.75, 3.05) is 0 Å². The van der Waals surface area contributed by atoms with Crippen LogP contribution in [0.15, 0.2) is 53.4 Å². The second kappa shape index (κ2) is 4.20. The van der Waals surface area contributed by atoms with E-state index in [1.165, 1.54) is 24.3 Å². The van der Waals surface area contributed by atoms with Gasteiger partial charge in [0.05, 0.1) is 4.90 Å². The van der Waals surface area contributed by atoms with Crippen LogP contribution in [0, 0.1) is 0 Å². The summed E-state index contributed by atoms with van der Waals surface area (Å²) in [4.78, 5) is -0.259. The minimum atomic E-state index is -4.50. The molecule has 17 heavy (non-hydrogen) atoms. The lowest BCUT2D eigenvalue weighted by molar-refractivity contribution is 0.463. The summed E-state index contributed by atoms with van der Waals surface area (Å²) in [5.41, 5.74) is 0.903. The third-order valence-corrected chi connectivity index (χ3v) is 3.23. The van der Waals surface area contributed by atoms with Gasteiger partial charge in [-0.1, -0.05) is 30.3 Å². The van der Waals surface area contributed by atoms with Crippen molar-refractivity contribution in [3.05, 3.63) is 48.5 Å². The SMILES string of the molecule is O=S(=O)([O-])c1ccccc1-c1ccc(O)cc1. The van der Waals surface area contributed by atoms with Gasteiger partial charge in [0.2, 0.25) is 0 Å². The van der Waals surface area contributed by atoms with E-state index in [2.05, 4.69) is 0 Å². The van der Waals surface area contributed by atoms with Crippen molar-refractivity contribution in [3.63, 3.8) is 0 Å². The van der Waals surface area contributed by atoms with E-state index in [4.69, 9.17) is 5.11 Å². The molecule has 0 aliphatic rings. The maximum absolute atomic E-state index is 11.1. The largest absolute Gasteiger partial charge is 0.744 e. The zero-order valence-corrected chi connectivity index (χ0v) is 9.52. The molecule has 0 fully saturated rings. The van der Waals surface area contributed by atoms with Gasteiger partial charge in [-0.2, -0.15) is 0 Å². The van der Waals surface area contributed by atoms with Crippen LogP contribution < -0.4 is 0 Å². The highest BCUT2D eigenvalue weighted by Crippen LogP contribution is 2.28. The summed E-state index contributed by atoms with van der Waals surface area (Å²) in [6.07, 6.45) is 0. The highest BCUT2D eigenvalue weighted by molar-refractivity contribution is 7.85. The normalized spacial score (nSPS) is 11.4. The second-order valence-electron chi connectivity index (χ2n) is 3.50. The second-order valence-corrected chi connectivity index (χ2v) is 4.85. The highest BCUT2D eigenvalue weighted by atomic mass is 32.2. The van der Waals surface area contributed by atoms with Gasteiger partial charge in [-0.05, 0) is 29.3 Å². The first-order chi connectivity index (χ1) is 7.98. The molecule has 2 aromatic rings. The number of hydrogen-bond acceptors (Lipinski definition) is 4. The average Bonchev–Trinajstić information content (AvgIpc) is 2.29. The molecule has 0 saturated carbocycles. The lowest BCUT2D eigenvalue weighted by Gasteiger charge is -2.12. The van der Waals surface area contributed by atoms with Gasteiger partial charge in [0, 0.05) is 0 Å².